The first-order chi connectivity index (χ1) is 9.76. The zero-order valence-corrected chi connectivity index (χ0v) is 12.8. The predicted molar refractivity (Wildman–Crippen MR) is 70.4 cm³/mol. The number of hydrogen-bond donors (Lipinski definition) is 5. The third-order valence-corrected chi connectivity index (χ3v) is 5.29. The van der Waals surface area contributed by atoms with Crippen molar-refractivity contribution >= 4 is 7.60 Å². The van der Waals surface area contributed by atoms with Gasteiger partial charge in [0, 0.05) is 6.42 Å². The average molecular weight is 330 g/mol. The number of aliphatic hydroxyl groups is 5. The van der Waals surface area contributed by atoms with Crippen molar-refractivity contribution in [2.75, 3.05) is 13.2 Å². The lowest BCUT2D eigenvalue weighted by atomic mass is 9.97. The second-order valence-electron chi connectivity index (χ2n) is 4.63. The topological polar surface area (TPSA) is 146 Å². The van der Waals surface area contributed by atoms with Crippen molar-refractivity contribution in [2.24, 2.45) is 0 Å². The van der Waals surface area contributed by atoms with Crippen molar-refractivity contribution in [3.63, 3.8) is 0 Å². The van der Waals surface area contributed by atoms with E-state index < -0.39 is 50.6 Å². The highest BCUT2D eigenvalue weighted by Gasteiger charge is 2.46. The van der Waals surface area contributed by atoms with Gasteiger partial charge in [-0.15, -0.1) is 0 Å². The van der Waals surface area contributed by atoms with Gasteiger partial charge in [0.25, 0.3) is 0 Å². The Morgan fingerprint density at radius 2 is 1.57 bits per heavy atom. The van der Waals surface area contributed by atoms with Crippen LogP contribution in [0.5, 0.6) is 0 Å². The van der Waals surface area contributed by atoms with Crippen LogP contribution in [0.15, 0.2) is 0 Å². The normalized spacial score (nSPS) is 35.7. The van der Waals surface area contributed by atoms with Crippen LogP contribution in [0.4, 0.5) is 0 Å². The predicted octanol–water partition coefficient (Wildman–Crippen LogP) is -1.24. The monoisotopic (exact) mass is 330 g/mol. The van der Waals surface area contributed by atoms with E-state index >= 15 is 0 Å². The van der Waals surface area contributed by atoms with E-state index in [1.165, 1.54) is 0 Å². The van der Waals surface area contributed by atoms with E-state index in [9.17, 15) is 30.1 Å². The Morgan fingerprint density at radius 1 is 1.05 bits per heavy atom. The van der Waals surface area contributed by atoms with Crippen molar-refractivity contribution in [1.29, 1.82) is 0 Å². The second-order valence-corrected chi connectivity index (χ2v) is 6.82. The Morgan fingerprint density at radius 3 is 2.05 bits per heavy atom. The summed E-state index contributed by atoms with van der Waals surface area (Å²) in [7, 11) is -3.82. The molecule has 1 aliphatic heterocycles. The van der Waals surface area contributed by atoms with Crippen LogP contribution in [-0.2, 0) is 18.3 Å². The highest BCUT2D eigenvalue weighted by atomic mass is 31.2. The lowest BCUT2D eigenvalue weighted by molar-refractivity contribution is -0.284. The number of hydrogen-bond acceptors (Lipinski definition) is 9. The van der Waals surface area contributed by atoms with E-state index in [1.807, 2.05) is 0 Å². The quantitative estimate of drug-likeness (QED) is 0.362. The highest BCUT2D eigenvalue weighted by molar-refractivity contribution is 7.54. The molecule has 1 heterocycles. The Bertz CT molecular complexity index is 356. The maximum atomic E-state index is 12.3. The summed E-state index contributed by atoms with van der Waals surface area (Å²) < 4.78 is 27.1. The van der Waals surface area contributed by atoms with Crippen LogP contribution in [0, 0.1) is 0 Å². The molecular formula is C11H23O9P. The fraction of sp³-hybridized carbons (Fsp3) is 1.00. The minimum atomic E-state index is -3.82. The van der Waals surface area contributed by atoms with Crippen LogP contribution in [0.2, 0.25) is 0 Å². The molecule has 0 radical (unpaired) electrons. The van der Waals surface area contributed by atoms with Gasteiger partial charge in [0.05, 0.1) is 19.3 Å². The smallest absolute Gasteiger partial charge is 0.358 e. The van der Waals surface area contributed by atoms with Crippen LogP contribution in [0.25, 0.3) is 0 Å². The van der Waals surface area contributed by atoms with E-state index in [0.717, 1.165) is 0 Å². The summed E-state index contributed by atoms with van der Waals surface area (Å²) in [6, 6.07) is 0. The Kier molecular flexibility index (Phi) is 7.18. The van der Waals surface area contributed by atoms with E-state index in [1.54, 1.807) is 13.8 Å². The van der Waals surface area contributed by atoms with Crippen molar-refractivity contribution in [2.45, 2.75) is 56.8 Å². The van der Waals surface area contributed by atoms with Crippen molar-refractivity contribution in [3.8, 4) is 0 Å². The van der Waals surface area contributed by atoms with Crippen LogP contribution in [0.1, 0.15) is 20.3 Å². The van der Waals surface area contributed by atoms with Gasteiger partial charge in [0.2, 0.25) is 0 Å². The number of aliphatic hydroxyl groups excluding tert-OH is 5. The molecule has 21 heavy (non-hydrogen) atoms. The molecule has 1 rings (SSSR count). The number of rotatable bonds is 7. The first-order valence-electron chi connectivity index (χ1n) is 6.71. The van der Waals surface area contributed by atoms with Crippen LogP contribution in [0.3, 0.4) is 0 Å². The SMILES string of the molecule is CCOP(=O)(OCC)[C@H](O)C[C@H]1O[C@@H](O)[C@H](O)[C@@H](O)[C@@H]1O. The Hall–Kier alpha value is -0.0900. The van der Waals surface area contributed by atoms with Gasteiger partial charge < -0.3 is 39.3 Å². The van der Waals surface area contributed by atoms with Crippen molar-refractivity contribution in [1.82, 2.24) is 0 Å². The van der Waals surface area contributed by atoms with Crippen LogP contribution < -0.4 is 0 Å². The summed E-state index contributed by atoms with van der Waals surface area (Å²) in [5, 5.41) is 48.1. The molecule has 0 saturated carbocycles. The molecule has 1 aliphatic rings. The number of ether oxygens (including phenoxy) is 1. The van der Waals surface area contributed by atoms with Gasteiger partial charge in [0.1, 0.15) is 18.3 Å². The first-order valence-corrected chi connectivity index (χ1v) is 8.32. The molecule has 0 bridgehead atoms. The van der Waals surface area contributed by atoms with Crippen molar-refractivity contribution in [3.05, 3.63) is 0 Å². The fourth-order valence-electron chi connectivity index (χ4n) is 2.03. The fourth-order valence-corrected chi connectivity index (χ4v) is 3.64. The molecule has 10 heteroatoms. The van der Waals surface area contributed by atoms with Crippen molar-refractivity contribution < 1.29 is 43.9 Å². The summed E-state index contributed by atoms with van der Waals surface area (Å²) in [5.74, 6) is -1.60. The molecule has 0 amide bonds. The third kappa shape index (κ3) is 4.44. The molecule has 0 unspecified atom stereocenters. The lowest BCUT2D eigenvalue weighted by Crippen LogP contribution is -2.58. The van der Waals surface area contributed by atoms with E-state index in [-0.39, 0.29) is 13.2 Å². The minimum absolute atomic E-state index is 0.0480. The Labute approximate surface area is 122 Å². The van der Waals surface area contributed by atoms with Gasteiger partial charge in [-0.05, 0) is 13.8 Å². The molecule has 0 aromatic heterocycles. The molecule has 9 nitrogen and oxygen atoms in total. The van der Waals surface area contributed by atoms with Crippen LogP contribution in [-0.4, -0.2) is 75.3 Å². The largest absolute Gasteiger partial charge is 0.388 e. The summed E-state index contributed by atoms with van der Waals surface area (Å²) in [4.78, 5) is 0. The molecule has 0 spiro atoms. The molecule has 5 N–H and O–H groups in total. The lowest BCUT2D eigenvalue weighted by Gasteiger charge is -2.39. The van der Waals surface area contributed by atoms with Gasteiger partial charge in [-0.2, -0.15) is 0 Å². The minimum Gasteiger partial charge on any atom is -0.388 e. The first kappa shape index (κ1) is 19.0. The third-order valence-electron chi connectivity index (χ3n) is 3.11. The summed E-state index contributed by atoms with van der Waals surface area (Å²) in [6.45, 7) is 3.25. The van der Waals surface area contributed by atoms with Crippen LogP contribution >= 0.6 is 7.60 Å². The molecule has 0 aromatic rings. The van der Waals surface area contributed by atoms with Gasteiger partial charge >= 0.3 is 7.60 Å². The maximum Gasteiger partial charge on any atom is 0.358 e. The molecular weight excluding hydrogens is 307 g/mol. The van der Waals surface area contributed by atoms with E-state index in [4.69, 9.17) is 13.8 Å². The van der Waals surface area contributed by atoms with E-state index in [2.05, 4.69) is 0 Å². The Balaban J connectivity index is 2.76. The summed E-state index contributed by atoms with van der Waals surface area (Å²) in [6.07, 6.45) is -8.24. The maximum absolute atomic E-state index is 12.3. The van der Waals surface area contributed by atoms with Gasteiger partial charge in [-0.3, -0.25) is 4.57 Å². The van der Waals surface area contributed by atoms with E-state index in [0.29, 0.717) is 0 Å². The molecule has 1 saturated heterocycles. The van der Waals surface area contributed by atoms with Gasteiger partial charge in [0.15, 0.2) is 12.1 Å². The zero-order valence-electron chi connectivity index (χ0n) is 11.9. The van der Waals surface area contributed by atoms with Gasteiger partial charge in [-0.1, -0.05) is 0 Å². The zero-order chi connectivity index (χ0) is 16.2. The molecule has 126 valence electrons. The summed E-state index contributed by atoms with van der Waals surface area (Å²) in [5.41, 5.74) is 0. The van der Waals surface area contributed by atoms with Gasteiger partial charge in [-0.25, -0.2) is 0 Å². The summed E-state index contributed by atoms with van der Waals surface area (Å²) >= 11 is 0. The standard InChI is InChI=1S/C11H23O9P/c1-3-18-21(17,19-4-2)7(12)5-6-8(13)9(14)10(15)11(16)20-6/h6-16H,3-5H2,1-2H3/t6-,7+,8-,9+,10-,11-/m1/s1. The molecule has 0 aliphatic carbocycles. The molecule has 1 fully saturated rings. The average Bonchev–Trinajstić information content (AvgIpc) is 2.42. The molecule has 0 aromatic carbocycles. The second kappa shape index (κ2) is 7.96. The molecule has 6 atom stereocenters. The highest BCUT2D eigenvalue weighted by Crippen LogP contribution is 2.53.